The first-order chi connectivity index (χ1) is 11.8. The summed E-state index contributed by atoms with van der Waals surface area (Å²) in [6, 6.07) is 11.2. The van der Waals surface area contributed by atoms with Crippen molar-refractivity contribution in [3.05, 3.63) is 35.9 Å². The van der Waals surface area contributed by atoms with Gasteiger partial charge in [-0.25, -0.2) is 0 Å². The van der Waals surface area contributed by atoms with Crippen LogP contribution in [0.15, 0.2) is 30.3 Å². The standard InChI is InChI=1S/C20H28N2O2/c23-20(18-14-24-13-11-21-18)22-12-10-16(15-6-2-1-3-7-15)17-8-4-5-9-19(17)22/h1-3,6-7,16-19,21H,4-5,8-14H2/t16-,17?,18-,19-/m1/s1. The maximum atomic E-state index is 13.0. The van der Waals surface area contributed by atoms with Gasteiger partial charge in [-0.15, -0.1) is 0 Å². The van der Waals surface area contributed by atoms with Crippen LogP contribution in [-0.2, 0) is 9.53 Å². The van der Waals surface area contributed by atoms with Gasteiger partial charge in [-0.05, 0) is 36.7 Å². The van der Waals surface area contributed by atoms with E-state index in [2.05, 4.69) is 40.5 Å². The zero-order valence-corrected chi connectivity index (χ0v) is 14.3. The fourth-order valence-corrected chi connectivity index (χ4v) is 4.97. The van der Waals surface area contributed by atoms with Gasteiger partial charge in [0.25, 0.3) is 0 Å². The molecule has 4 rings (SSSR count). The third-order valence-electron chi connectivity index (χ3n) is 6.11. The first kappa shape index (κ1) is 16.1. The fraction of sp³-hybridized carbons (Fsp3) is 0.650. The minimum absolute atomic E-state index is 0.144. The molecule has 1 aromatic rings. The molecule has 3 aliphatic rings. The maximum absolute atomic E-state index is 13.0. The van der Waals surface area contributed by atoms with Gasteiger partial charge < -0.3 is 15.0 Å². The van der Waals surface area contributed by atoms with E-state index < -0.39 is 0 Å². The lowest BCUT2D eigenvalue weighted by Gasteiger charge is -2.49. The van der Waals surface area contributed by atoms with Crippen molar-refractivity contribution in [3.63, 3.8) is 0 Å². The molecule has 1 N–H and O–H groups in total. The minimum atomic E-state index is -0.144. The van der Waals surface area contributed by atoms with Crippen LogP contribution >= 0.6 is 0 Å². The molecule has 1 saturated carbocycles. The Morgan fingerprint density at radius 3 is 2.75 bits per heavy atom. The van der Waals surface area contributed by atoms with E-state index in [1.54, 1.807) is 0 Å². The number of carbonyl (C=O) groups is 1. The molecule has 4 nitrogen and oxygen atoms in total. The van der Waals surface area contributed by atoms with Gasteiger partial charge in [0.15, 0.2) is 0 Å². The Morgan fingerprint density at radius 2 is 1.96 bits per heavy atom. The first-order valence-corrected chi connectivity index (χ1v) is 9.51. The predicted molar refractivity (Wildman–Crippen MR) is 93.9 cm³/mol. The number of piperidine rings is 1. The van der Waals surface area contributed by atoms with Crippen molar-refractivity contribution < 1.29 is 9.53 Å². The van der Waals surface area contributed by atoms with Gasteiger partial charge in [0, 0.05) is 19.1 Å². The van der Waals surface area contributed by atoms with Crippen LogP contribution in [0.1, 0.15) is 43.6 Å². The summed E-state index contributed by atoms with van der Waals surface area (Å²) in [5, 5.41) is 3.34. The molecule has 2 saturated heterocycles. The maximum Gasteiger partial charge on any atom is 0.242 e. The number of carbonyl (C=O) groups excluding carboxylic acids is 1. The molecular formula is C20H28N2O2. The zero-order chi connectivity index (χ0) is 16.4. The molecule has 1 aromatic carbocycles. The Morgan fingerprint density at radius 1 is 1.12 bits per heavy atom. The van der Waals surface area contributed by atoms with Crippen LogP contribution in [0, 0.1) is 5.92 Å². The van der Waals surface area contributed by atoms with Crippen LogP contribution in [0.3, 0.4) is 0 Å². The number of nitrogens with one attached hydrogen (secondary N) is 1. The molecule has 1 amide bonds. The third-order valence-corrected chi connectivity index (χ3v) is 6.11. The fourth-order valence-electron chi connectivity index (χ4n) is 4.97. The largest absolute Gasteiger partial charge is 0.378 e. The lowest BCUT2D eigenvalue weighted by Crippen LogP contribution is -2.59. The molecule has 24 heavy (non-hydrogen) atoms. The lowest BCUT2D eigenvalue weighted by molar-refractivity contribution is -0.143. The average molecular weight is 328 g/mol. The second-order valence-electron chi connectivity index (χ2n) is 7.43. The summed E-state index contributed by atoms with van der Waals surface area (Å²) in [5.41, 5.74) is 1.46. The van der Waals surface area contributed by atoms with Crippen molar-refractivity contribution in [2.24, 2.45) is 5.92 Å². The number of fused-ring (bicyclic) bond motifs is 1. The predicted octanol–water partition coefficient (Wildman–Crippen LogP) is 2.55. The van der Waals surface area contributed by atoms with Crippen LogP contribution in [0.25, 0.3) is 0 Å². The second kappa shape index (κ2) is 7.24. The molecule has 0 aromatic heterocycles. The Balaban J connectivity index is 1.53. The highest BCUT2D eigenvalue weighted by atomic mass is 16.5. The summed E-state index contributed by atoms with van der Waals surface area (Å²) in [5.74, 6) is 1.48. The van der Waals surface area contributed by atoms with E-state index in [0.29, 0.717) is 31.1 Å². The molecule has 0 bridgehead atoms. The number of likely N-dealkylation sites (tertiary alicyclic amines) is 1. The highest BCUT2D eigenvalue weighted by molar-refractivity contribution is 5.82. The normalized spacial score (nSPS) is 33.8. The van der Waals surface area contributed by atoms with E-state index in [1.807, 2.05) is 0 Å². The van der Waals surface area contributed by atoms with Crippen LogP contribution in [0.5, 0.6) is 0 Å². The minimum Gasteiger partial charge on any atom is -0.378 e. The SMILES string of the molecule is O=C([C@H]1COCCN1)N1CC[C@H](c2ccccc2)C2CCCC[C@H]21. The van der Waals surface area contributed by atoms with Crippen LogP contribution < -0.4 is 5.32 Å². The van der Waals surface area contributed by atoms with Crippen LogP contribution in [0.4, 0.5) is 0 Å². The number of ether oxygens (including phenoxy) is 1. The third kappa shape index (κ3) is 3.09. The molecule has 2 aliphatic heterocycles. The molecule has 0 radical (unpaired) electrons. The van der Waals surface area contributed by atoms with Gasteiger partial charge in [0.2, 0.25) is 5.91 Å². The van der Waals surface area contributed by atoms with E-state index >= 15 is 0 Å². The molecule has 1 unspecified atom stereocenters. The smallest absolute Gasteiger partial charge is 0.242 e. The van der Waals surface area contributed by atoms with Crippen molar-refractivity contribution in [3.8, 4) is 0 Å². The quantitative estimate of drug-likeness (QED) is 0.907. The number of amides is 1. The summed E-state index contributed by atoms with van der Waals surface area (Å²) >= 11 is 0. The van der Waals surface area contributed by atoms with Gasteiger partial charge in [0.05, 0.1) is 13.2 Å². The Hall–Kier alpha value is -1.39. The lowest BCUT2D eigenvalue weighted by atomic mass is 9.69. The number of hydrogen-bond acceptors (Lipinski definition) is 3. The van der Waals surface area contributed by atoms with Crippen molar-refractivity contribution in [1.82, 2.24) is 10.2 Å². The topological polar surface area (TPSA) is 41.6 Å². The van der Waals surface area contributed by atoms with Gasteiger partial charge in [-0.3, -0.25) is 4.79 Å². The Labute approximate surface area is 144 Å². The van der Waals surface area contributed by atoms with Gasteiger partial charge in [0.1, 0.15) is 6.04 Å². The van der Waals surface area contributed by atoms with E-state index in [1.165, 1.54) is 24.8 Å². The molecule has 3 fully saturated rings. The van der Waals surface area contributed by atoms with Crippen molar-refractivity contribution in [2.75, 3.05) is 26.3 Å². The highest BCUT2D eigenvalue weighted by Crippen LogP contribution is 2.44. The summed E-state index contributed by atoms with van der Waals surface area (Å²) in [6.45, 7) is 2.91. The summed E-state index contributed by atoms with van der Waals surface area (Å²) in [6.07, 6.45) is 6.05. The van der Waals surface area contributed by atoms with Crippen molar-refractivity contribution >= 4 is 5.91 Å². The Kier molecular flexibility index (Phi) is 4.86. The molecule has 1 aliphatic carbocycles. The van der Waals surface area contributed by atoms with E-state index in [4.69, 9.17) is 4.74 Å². The molecule has 2 heterocycles. The first-order valence-electron chi connectivity index (χ1n) is 9.51. The van der Waals surface area contributed by atoms with Crippen LogP contribution in [-0.4, -0.2) is 49.2 Å². The number of hydrogen-bond donors (Lipinski definition) is 1. The molecular weight excluding hydrogens is 300 g/mol. The van der Waals surface area contributed by atoms with Gasteiger partial charge in [-0.1, -0.05) is 43.2 Å². The molecule has 4 heteroatoms. The molecule has 130 valence electrons. The zero-order valence-electron chi connectivity index (χ0n) is 14.3. The second-order valence-corrected chi connectivity index (χ2v) is 7.43. The number of morpholine rings is 1. The summed E-state index contributed by atoms with van der Waals surface area (Å²) < 4.78 is 5.51. The average Bonchev–Trinajstić information content (AvgIpc) is 2.68. The van der Waals surface area contributed by atoms with E-state index in [9.17, 15) is 4.79 Å². The molecule has 0 spiro atoms. The van der Waals surface area contributed by atoms with Gasteiger partial charge in [-0.2, -0.15) is 0 Å². The van der Waals surface area contributed by atoms with E-state index in [-0.39, 0.29) is 11.9 Å². The monoisotopic (exact) mass is 328 g/mol. The molecule has 4 atom stereocenters. The number of benzene rings is 1. The van der Waals surface area contributed by atoms with E-state index in [0.717, 1.165) is 25.9 Å². The summed E-state index contributed by atoms with van der Waals surface area (Å²) in [4.78, 5) is 15.2. The van der Waals surface area contributed by atoms with Crippen molar-refractivity contribution in [1.29, 1.82) is 0 Å². The summed E-state index contributed by atoms with van der Waals surface area (Å²) in [7, 11) is 0. The number of nitrogens with zero attached hydrogens (tertiary/aromatic N) is 1. The highest BCUT2D eigenvalue weighted by Gasteiger charge is 2.43. The van der Waals surface area contributed by atoms with Crippen LogP contribution in [0.2, 0.25) is 0 Å². The van der Waals surface area contributed by atoms with Gasteiger partial charge >= 0.3 is 0 Å². The Bertz CT molecular complexity index is 556. The number of rotatable bonds is 2. The van der Waals surface area contributed by atoms with Crippen molar-refractivity contribution in [2.45, 2.75) is 50.1 Å².